The van der Waals surface area contributed by atoms with Gasteiger partial charge in [-0.3, -0.25) is 24.5 Å². The Balaban J connectivity index is 1.49. The minimum absolute atomic E-state index is 0.00784. The molecule has 0 saturated carbocycles. The Labute approximate surface area is 197 Å². The number of fused-ring (bicyclic) bond motifs is 1. The van der Waals surface area contributed by atoms with E-state index in [1.54, 1.807) is 24.3 Å². The molecule has 0 bridgehead atoms. The van der Waals surface area contributed by atoms with Gasteiger partial charge in [0, 0.05) is 12.1 Å². The highest BCUT2D eigenvalue weighted by molar-refractivity contribution is 6.37. The van der Waals surface area contributed by atoms with E-state index in [-0.39, 0.29) is 27.1 Å². The number of benzene rings is 3. The topological polar surface area (TPSA) is 110 Å². The second-order valence-corrected chi connectivity index (χ2v) is 7.76. The number of nitro benzene ring substituents is 1. The van der Waals surface area contributed by atoms with E-state index in [0.29, 0.717) is 16.7 Å². The van der Waals surface area contributed by atoms with Crippen molar-refractivity contribution in [2.24, 2.45) is 0 Å². The van der Waals surface area contributed by atoms with Gasteiger partial charge in [0.05, 0.1) is 32.4 Å². The van der Waals surface area contributed by atoms with Crippen LogP contribution in [0.2, 0.25) is 10.0 Å². The number of hydrogen-bond donors (Lipinski definition) is 1. The van der Waals surface area contributed by atoms with Crippen LogP contribution in [-0.2, 0) is 4.79 Å². The third-order valence-corrected chi connectivity index (χ3v) is 5.49. The molecule has 0 radical (unpaired) electrons. The van der Waals surface area contributed by atoms with Gasteiger partial charge in [-0.1, -0.05) is 41.4 Å². The third-order valence-electron chi connectivity index (χ3n) is 4.86. The standard InChI is InChI=1S/C23H13Cl2N3O5/c24-17-8-5-13(11-20(17)28(32)33)6-10-21(29)26-19-9-7-14(12-18(19)25)27-22(30)15-3-1-2-4-16(15)23(27)31/h1-12H,(H,26,29)/b10-6+. The van der Waals surface area contributed by atoms with Crippen LogP contribution in [-0.4, -0.2) is 22.6 Å². The molecule has 3 aromatic rings. The Morgan fingerprint density at radius 3 is 2.21 bits per heavy atom. The summed E-state index contributed by atoms with van der Waals surface area (Å²) < 4.78 is 0. The van der Waals surface area contributed by atoms with Crippen molar-refractivity contribution in [2.75, 3.05) is 10.2 Å². The van der Waals surface area contributed by atoms with Gasteiger partial charge in [0.2, 0.25) is 5.91 Å². The first-order chi connectivity index (χ1) is 15.8. The number of carbonyl (C=O) groups is 3. The van der Waals surface area contributed by atoms with Gasteiger partial charge in [-0.25, -0.2) is 4.90 Å². The molecule has 10 heteroatoms. The van der Waals surface area contributed by atoms with Crippen LogP contribution < -0.4 is 10.2 Å². The van der Waals surface area contributed by atoms with Gasteiger partial charge in [-0.15, -0.1) is 0 Å². The minimum Gasteiger partial charge on any atom is -0.321 e. The number of halogens is 2. The van der Waals surface area contributed by atoms with Crippen molar-refractivity contribution in [2.45, 2.75) is 0 Å². The van der Waals surface area contributed by atoms with Crippen LogP contribution in [0.4, 0.5) is 17.1 Å². The number of anilines is 2. The summed E-state index contributed by atoms with van der Waals surface area (Å²) in [6.45, 7) is 0. The van der Waals surface area contributed by atoms with E-state index in [9.17, 15) is 24.5 Å². The van der Waals surface area contributed by atoms with E-state index in [4.69, 9.17) is 23.2 Å². The zero-order valence-electron chi connectivity index (χ0n) is 16.6. The fourth-order valence-electron chi connectivity index (χ4n) is 3.29. The van der Waals surface area contributed by atoms with Crippen molar-refractivity contribution in [1.29, 1.82) is 0 Å². The van der Waals surface area contributed by atoms with Gasteiger partial charge in [0.1, 0.15) is 5.02 Å². The van der Waals surface area contributed by atoms with Crippen molar-refractivity contribution in [3.05, 3.63) is 104 Å². The van der Waals surface area contributed by atoms with Crippen LogP contribution in [0.25, 0.3) is 6.08 Å². The predicted octanol–water partition coefficient (Wildman–Crippen LogP) is 5.35. The van der Waals surface area contributed by atoms with Crippen LogP contribution in [0.3, 0.4) is 0 Å². The maximum atomic E-state index is 12.6. The lowest BCUT2D eigenvalue weighted by molar-refractivity contribution is -0.384. The zero-order valence-corrected chi connectivity index (χ0v) is 18.1. The zero-order chi connectivity index (χ0) is 23.7. The van der Waals surface area contributed by atoms with Gasteiger partial charge in [-0.05, 0) is 48.0 Å². The molecule has 1 N–H and O–H groups in total. The number of nitro groups is 1. The smallest absolute Gasteiger partial charge is 0.288 e. The Kier molecular flexibility index (Phi) is 5.95. The van der Waals surface area contributed by atoms with Crippen LogP contribution in [0.15, 0.2) is 66.7 Å². The monoisotopic (exact) mass is 481 g/mol. The minimum atomic E-state index is -0.616. The lowest BCUT2D eigenvalue weighted by Crippen LogP contribution is -2.29. The molecule has 164 valence electrons. The molecule has 3 aromatic carbocycles. The molecule has 0 unspecified atom stereocenters. The van der Waals surface area contributed by atoms with Gasteiger partial charge in [0.25, 0.3) is 17.5 Å². The summed E-state index contributed by atoms with van der Waals surface area (Å²) in [5.74, 6) is -1.45. The molecule has 4 rings (SSSR count). The van der Waals surface area contributed by atoms with Crippen LogP contribution in [0.1, 0.15) is 26.3 Å². The first kappa shape index (κ1) is 22.2. The quantitative estimate of drug-likeness (QED) is 0.228. The normalized spacial score (nSPS) is 12.8. The van der Waals surface area contributed by atoms with E-state index >= 15 is 0 Å². The summed E-state index contributed by atoms with van der Waals surface area (Å²) in [5, 5.41) is 13.7. The predicted molar refractivity (Wildman–Crippen MR) is 125 cm³/mol. The highest BCUT2D eigenvalue weighted by Gasteiger charge is 2.36. The summed E-state index contributed by atoms with van der Waals surface area (Å²) in [4.78, 5) is 48.9. The van der Waals surface area contributed by atoms with E-state index in [2.05, 4.69) is 5.32 Å². The Morgan fingerprint density at radius 1 is 0.939 bits per heavy atom. The number of rotatable bonds is 5. The molecule has 0 aliphatic carbocycles. The summed E-state index contributed by atoms with van der Waals surface area (Å²) in [6, 6.07) is 15.0. The van der Waals surface area contributed by atoms with Crippen LogP contribution in [0, 0.1) is 10.1 Å². The molecule has 0 fully saturated rings. The van der Waals surface area contributed by atoms with Gasteiger partial charge < -0.3 is 5.32 Å². The highest BCUT2D eigenvalue weighted by atomic mass is 35.5. The molecule has 8 nitrogen and oxygen atoms in total. The van der Waals surface area contributed by atoms with Crippen LogP contribution >= 0.6 is 23.2 Å². The molecule has 33 heavy (non-hydrogen) atoms. The Bertz CT molecular complexity index is 1330. The molecular formula is C23H13Cl2N3O5. The summed E-state index contributed by atoms with van der Waals surface area (Å²) in [7, 11) is 0. The summed E-state index contributed by atoms with van der Waals surface area (Å²) in [5.41, 5.74) is 1.29. The number of imide groups is 1. The van der Waals surface area contributed by atoms with Gasteiger partial charge in [-0.2, -0.15) is 0 Å². The molecule has 1 heterocycles. The number of nitrogens with zero attached hydrogens (tertiary/aromatic N) is 2. The van der Waals surface area contributed by atoms with Gasteiger partial charge >= 0.3 is 0 Å². The largest absolute Gasteiger partial charge is 0.321 e. The van der Waals surface area contributed by atoms with Crippen molar-refractivity contribution in [3.63, 3.8) is 0 Å². The molecule has 0 aromatic heterocycles. The average Bonchev–Trinajstić information content (AvgIpc) is 3.05. The number of carbonyl (C=O) groups excluding carboxylic acids is 3. The number of nitrogens with one attached hydrogen (secondary N) is 1. The fourth-order valence-corrected chi connectivity index (χ4v) is 3.70. The van der Waals surface area contributed by atoms with Crippen molar-refractivity contribution in [3.8, 4) is 0 Å². The van der Waals surface area contributed by atoms with Crippen molar-refractivity contribution >= 4 is 64.1 Å². The maximum absolute atomic E-state index is 12.6. The Hall–Kier alpha value is -4.01. The SMILES string of the molecule is O=C(/C=C/c1ccc(Cl)c([N+](=O)[O-])c1)Nc1ccc(N2C(=O)c3ccccc3C2=O)cc1Cl. The number of hydrogen-bond acceptors (Lipinski definition) is 5. The fraction of sp³-hybridized carbons (Fsp3) is 0. The average molecular weight is 482 g/mol. The molecule has 1 aliphatic heterocycles. The first-order valence-corrected chi connectivity index (χ1v) is 10.2. The summed E-state index contributed by atoms with van der Waals surface area (Å²) >= 11 is 12.0. The molecular weight excluding hydrogens is 469 g/mol. The maximum Gasteiger partial charge on any atom is 0.288 e. The molecule has 0 saturated heterocycles. The van der Waals surface area contributed by atoms with Crippen LogP contribution in [0.5, 0.6) is 0 Å². The molecule has 1 aliphatic rings. The molecule has 0 spiro atoms. The van der Waals surface area contributed by atoms with Crippen molar-refractivity contribution < 1.29 is 19.3 Å². The van der Waals surface area contributed by atoms with Crippen molar-refractivity contribution in [1.82, 2.24) is 0 Å². The second-order valence-electron chi connectivity index (χ2n) is 6.95. The number of amides is 3. The van der Waals surface area contributed by atoms with E-state index in [1.165, 1.54) is 48.6 Å². The Morgan fingerprint density at radius 2 is 1.61 bits per heavy atom. The van der Waals surface area contributed by atoms with E-state index in [0.717, 1.165) is 4.90 Å². The highest BCUT2D eigenvalue weighted by Crippen LogP contribution is 2.33. The lowest BCUT2D eigenvalue weighted by atomic mass is 10.1. The molecule has 3 amide bonds. The first-order valence-electron chi connectivity index (χ1n) is 9.46. The third kappa shape index (κ3) is 4.34. The van der Waals surface area contributed by atoms with Gasteiger partial charge in [0.15, 0.2) is 0 Å². The van der Waals surface area contributed by atoms with E-state index in [1.807, 2.05) is 0 Å². The van der Waals surface area contributed by atoms with E-state index < -0.39 is 22.6 Å². The summed E-state index contributed by atoms with van der Waals surface area (Å²) in [6.07, 6.45) is 2.57. The second kappa shape index (κ2) is 8.85. The lowest BCUT2D eigenvalue weighted by Gasteiger charge is -2.15. The molecule has 0 atom stereocenters.